The number of fused-ring (bicyclic) bond motifs is 1. The predicted octanol–water partition coefficient (Wildman–Crippen LogP) is 3.37. The maximum absolute atomic E-state index is 9.29. The van der Waals surface area contributed by atoms with Gasteiger partial charge in [-0.25, -0.2) is 4.98 Å². The van der Waals surface area contributed by atoms with Crippen LogP contribution in [0.2, 0.25) is 5.02 Å². The third-order valence-electron chi connectivity index (χ3n) is 3.77. The third kappa shape index (κ3) is 4.11. The highest BCUT2D eigenvalue weighted by molar-refractivity contribution is 6.31. The molecule has 6 heteroatoms. The molecule has 1 aliphatic rings. The molecule has 1 aliphatic heterocycles. The van der Waals surface area contributed by atoms with E-state index in [2.05, 4.69) is 16.4 Å². The molecule has 0 radical (unpaired) electrons. The molecule has 1 aromatic carbocycles. The van der Waals surface area contributed by atoms with E-state index in [4.69, 9.17) is 21.1 Å². The van der Waals surface area contributed by atoms with Gasteiger partial charge in [-0.05, 0) is 37.1 Å². The molecule has 0 aliphatic carbocycles. The van der Waals surface area contributed by atoms with Crippen molar-refractivity contribution < 1.29 is 9.47 Å². The molecule has 1 N–H and O–H groups in total. The highest BCUT2D eigenvalue weighted by Gasteiger charge is 2.15. The van der Waals surface area contributed by atoms with E-state index in [0.717, 1.165) is 30.4 Å². The van der Waals surface area contributed by atoms with Crippen LogP contribution < -0.4 is 5.32 Å². The molecule has 5 nitrogen and oxygen atoms in total. The average molecular weight is 332 g/mol. The predicted molar refractivity (Wildman–Crippen MR) is 89.8 cm³/mol. The van der Waals surface area contributed by atoms with Crippen LogP contribution >= 0.6 is 11.6 Å². The lowest BCUT2D eigenvalue weighted by atomic mass is 10.1. The van der Waals surface area contributed by atoms with Crippen molar-refractivity contribution in [3.8, 4) is 6.07 Å². The molecule has 1 unspecified atom stereocenters. The summed E-state index contributed by atoms with van der Waals surface area (Å²) in [6.07, 6.45) is 2.44. The summed E-state index contributed by atoms with van der Waals surface area (Å²) < 4.78 is 11.1. The number of rotatable bonds is 6. The highest BCUT2D eigenvalue weighted by atomic mass is 35.5. The summed E-state index contributed by atoms with van der Waals surface area (Å²) in [4.78, 5) is 4.50. The first kappa shape index (κ1) is 16.0. The van der Waals surface area contributed by atoms with Crippen LogP contribution in [0.4, 0.5) is 5.82 Å². The Balaban J connectivity index is 1.57. The smallest absolute Gasteiger partial charge is 0.128 e. The van der Waals surface area contributed by atoms with Crippen LogP contribution in [0.1, 0.15) is 18.4 Å². The van der Waals surface area contributed by atoms with Gasteiger partial charge >= 0.3 is 0 Å². The van der Waals surface area contributed by atoms with Crippen LogP contribution in [0.25, 0.3) is 10.9 Å². The summed E-state index contributed by atoms with van der Waals surface area (Å²) in [5.41, 5.74) is 1.30. The second-order valence-corrected chi connectivity index (χ2v) is 5.90. The number of nitrogens with one attached hydrogen (secondary N) is 1. The number of benzene rings is 1. The number of nitriles is 1. The summed E-state index contributed by atoms with van der Waals surface area (Å²) in [6, 6.07) is 9.27. The molecular weight excluding hydrogens is 314 g/mol. The Kier molecular flexibility index (Phi) is 5.29. The zero-order valence-corrected chi connectivity index (χ0v) is 13.5. The van der Waals surface area contributed by atoms with Crippen molar-refractivity contribution in [1.82, 2.24) is 4.98 Å². The maximum Gasteiger partial charge on any atom is 0.128 e. The fourth-order valence-electron chi connectivity index (χ4n) is 2.62. The molecular formula is C17H18ClN3O2. The number of hydrogen-bond donors (Lipinski definition) is 1. The fraction of sp³-hybridized carbons (Fsp3) is 0.412. The van der Waals surface area contributed by atoms with E-state index in [1.807, 2.05) is 6.07 Å². The van der Waals surface area contributed by atoms with E-state index < -0.39 is 0 Å². The van der Waals surface area contributed by atoms with Gasteiger partial charge in [-0.2, -0.15) is 5.26 Å². The molecule has 1 saturated heterocycles. The van der Waals surface area contributed by atoms with E-state index in [1.165, 1.54) is 0 Å². The quantitative estimate of drug-likeness (QED) is 0.822. The summed E-state index contributed by atoms with van der Waals surface area (Å²) in [6.45, 7) is 2.68. The van der Waals surface area contributed by atoms with Crippen molar-refractivity contribution in [1.29, 1.82) is 5.26 Å². The van der Waals surface area contributed by atoms with E-state index >= 15 is 0 Å². The SMILES string of the molecule is N#Cc1cc(NCCOCC2CCCO2)nc2ccc(Cl)cc12. The molecule has 1 aromatic heterocycles. The lowest BCUT2D eigenvalue weighted by Crippen LogP contribution is -2.18. The number of aromatic nitrogens is 1. The number of halogens is 1. The van der Waals surface area contributed by atoms with E-state index in [1.54, 1.807) is 18.2 Å². The van der Waals surface area contributed by atoms with E-state index in [-0.39, 0.29) is 6.10 Å². The standard InChI is InChI=1S/C17H18ClN3O2/c18-13-3-4-16-15(9-13)12(10-19)8-17(21-16)20-5-7-22-11-14-2-1-6-23-14/h3-4,8-9,14H,1-2,5-7,11H2,(H,20,21). The molecule has 0 saturated carbocycles. The minimum Gasteiger partial charge on any atom is -0.377 e. The number of anilines is 1. The van der Waals surface area contributed by atoms with Gasteiger partial charge in [0.1, 0.15) is 5.82 Å². The molecule has 23 heavy (non-hydrogen) atoms. The Hall–Kier alpha value is -1.87. The van der Waals surface area contributed by atoms with Gasteiger partial charge in [0, 0.05) is 23.6 Å². The summed E-state index contributed by atoms with van der Waals surface area (Å²) in [5, 5.41) is 13.8. The maximum atomic E-state index is 9.29. The van der Waals surface area contributed by atoms with Gasteiger partial charge in [0.05, 0.1) is 36.5 Å². The summed E-state index contributed by atoms with van der Waals surface area (Å²) >= 11 is 5.98. The summed E-state index contributed by atoms with van der Waals surface area (Å²) in [5.74, 6) is 0.664. The molecule has 2 aromatic rings. The van der Waals surface area contributed by atoms with Gasteiger partial charge in [-0.1, -0.05) is 11.6 Å². The molecule has 3 rings (SSSR count). The molecule has 0 bridgehead atoms. The molecule has 1 fully saturated rings. The van der Waals surface area contributed by atoms with Gasteiger partial charge in [-0.3, -0.25) is 0 Å². The van der Waals surface area contributed by atoms with Crippen molar-refractivity contribution in [3.05, 3.63) is 34.9 Å². The minimum absolute atomic E-state index is 0.240. The van der Waals surface area contributed by atoms with Crippen LogP contribution in [0.5, 0.6) is 0 Å². The average Bonchev–Trinajstić information content (AvgIpc) is 3.07. The highest BCUT2D eigenvalue weighted by Crippen LogP contribution is 2.23. The van der Waals surface area contributed by atoms with Crippen LogP contribution in [-0.2, 0) is 9.47 Å². The first-order valence-electron chi connectivity index (χ1n) is 7.70. The van der Waals surface area contributed by atoms with Gasteiger partial charge in [0.2, 0.25) is 0 Å². The van der Waals surface area contributed by atoms with Crippen molar-refractivity contribution in [2.75, 3.05) is 31.7 Å². The normalized spacial score (nSPS) is 17.3. The molecule has 1 atom stereocenters. The molecule has 120 valence electrons. The fourth-order valence-corrected chi connectivity index (χ4v) is 2.79. The number of nitrogens with zero attached hydrogens (tertiary/aromatic N) is 2. The number of hydrogen-bond acceptors (Lipinski definition) is 5. The van der Waals surface area contributed by atoms with Gasteiger partial charge < -0.3 is 14.8 Å². The summed E-state index contributed by atoms with van der Waals surface area (Å²) in [7, 11) is 0. The van der Waals surface area contributed by atoms with Crippen LogP contribution in [0.3, 0.4) is 0 Å². The Morgan fingerprint density at radius 1 is 1.43 bits per heavy atom. The Labute approximate surface area is 140 Å². The molecule has 2 heterocycles. The van der Waals surface area contributed by atoms with Crippen molar-refractivity contribution >= 4 is 28.3 Å². The van der Waals surface area contributed by atoms with E-state index in [0.29, 0.717) is 36.2 Å². The zero-order valence-electron chi connectivity index (χ0n) is 12.7. The van der Waals surface area contributed by atoms with Crippen molar-refractivity contribution in [3.63, 3.8) is 0 Å². The zero-order chi connectivity index (χ0) is 16.1. The van der Waals surface area contributed by atoms with Crippen LogP contribution in [-0.4, -0.2) is 37.5 Å². The third-order valence-corrected chi connectivity index (χ3v) is 4.01. The van der Waals surface area contributed by atoms with Crippen molar-refractivity contribution in [2.24, 2.45) is 0 Å². The lowest BCUT2D eigenvalue weighted by molar-refractivity contribution is 0.0206. The Bertz CT molecular complexity index is 724. The largest absolute Gasteiger partial charge is 0.377 e. The second kappa shape index (κ2) is 7.60. The molecule has 0 spiro atoms. The topological polar surface area (TPSA) is 67.2 Å². The first-order chi connectivity index (χ1) is 11.3. The van der Waals surface area contributed by atoms with Crippen LogP contribution in [0.15, 0.2) is 24.3 Å². The lowest BCUT2D eigenvalue weighted by Gasteiger charge is -2.11. The van der Waals surface area contributed by atoms with Crippen molar-refractivity contribution in [2.45, 2.75) is 18.9 Å². The number of pyridine rings is 1. The second-order valence-electron chi connectivity index (χ2n) is 5.47. The Morgan fingerprint density at radius 3 is 3.13 bits per heavy atom. The van der Waals surface area contributed by atoms with Crippen LogP contribution in [0, 0.1) is 11.3 Å². The van der Waals surface area contributed by atoms with Gasteiger partial charge in [0.25, 0.3) is 0 Å². The van der Waals surface area contributed by atoms with Gasteiger partial charge in [-0.15, -0.1) is 0 Å². The Morgan fingerprint density at radius 2 is 2.35 bits per heavy atom. The van der Waals surface area contributed by atoms with Gasteiger partial charge in [0.15, 0.2) is 0 Å². The monoisotopic (exact) mass is 331 g/mol. The first-order valence-corrected chi connectivity index (χ1v) is 8.07. The number of ether oxygens (including phenoxy) is 2. The molecule has 0 amide bonds. The minimum atomic E-state index is 0.240. The van der Waals surface area contributed by atoms with E-state index in [9.17, 15) is 5.26 Å².